The van der Waals surface area contributed by atoms with Gasteiger partial charge in [-0.15, -0.1) is 0 Å². The van der Waals surface area contributed by atoms with E-state index in [1.807, 2.05) is 0 Å². The minimum atomic E-state index is 0.290. The molecular weight excluding hydrogens is 220 g/mol. The molecule has 0 saturated carbocycles. The van der Waals surface area contributed by atoms with Crippen molar-refractivity contribution >= 4 is 17.3 Å². The van der Waals surface area contributed by atoms with E-state index in [1.54, 1.807) is 7.11 Å². The second-order valence-electron chi connectivity index (χ2n) is 4.83. The summed E-state index contributed by atoms with van der Waals surface area (Å²) >= 11 is 5.42. The third-order valence-corrected chi connectivity index (χ3v) is 3.47. The summed E-state index contributed by atoms with van der Waals surface area (Å²) in [7, 11) is 1.72. The van der Waals surface area contributed by atoms with Crippen molar-refractivity contribution in [1.29, 1.82) is 0 Å². The first-order valence-corrected chi connectivity index (χ1v) is 6.58. The molecule has 0 radical (unpaired) electrons. The number of thiocarbonyl (C=S) groups is 1. The monoisotopic (exact) mass is 244 g/mol. The predicted octanol–water partition coefficient (Wildman–Crippen LogP) is 2.02. The molecule has 1 heterocycles. The van der Waals surface area contributed by atoms with Crippen LogP contribution >= 0.6 is 12.2 Å². The first-order chi connectivity index (χ1) is 7.63. The molecule has 0 bridgehead atoms. The van der Waals surface area contributed by atoms with Crippen molar-refractivity contribution in [3.05, 3.63) is 0 Å². The third kappa shape index (κ3) is 4.66. The van der Waals surface area contributed by atoms with E-state index in [0.717, 1.165) is 24.1 Å². The number of rotatable bonds is 3. The van der Waals surface area contributed by atoms with Crippen LogP contribution in [-0.4, -0.2) is 42.9 Å². The molecule has 1 aliphatic rings. The number of methoxy groups -OCH3 is 1. The molecule has 0 aliphatic carbocycles. The molecule has 0 aromatic heterocycles. The molecule has 2 atom stereocenters. The van der Waals surface area contributed by atoms with Gasteiger partial charge in [-0.25, -0.2) is 0 Å². The Labute approximate surface area is 105 Å². The van der Waals surface area contributed by atoms with Crippen LogP contribution in [0, 0.1) is 5.92 Å². The topological polar surface area (TPSA) is 24.5 Å². The van der Waals surface area contributed by atoms with Gasteiger partial charge in [0.1, 0.15) is 0 Å². The first-order valence-electron chi connectivity index (χ1n) is 6.18. The standard InChI is InChI=1S/C12H24N2OS/c1-10-5-4-7-14(8-6-10)12(16)13-11(2)9-15-3/h10-11H,4-9H2,1-3H3,(H,13,16). The van der Waals surface area contributed by atoms with Crippen LogP contribution in [0.2, 0.25) is 0 Å². The fourth-order valence-corrected chi connectivity index (χ4v) is 2.44. The predicted molar refractivity (Wildman–Crippen MR) is 71.7 cm³/mol. The van der Waals surface area contributed by atoms with Gasteiger partial charge in [-0.3, -0.25) is 0 Å². The molecule has 16 heavy (non-hydrogen) atoms. The van der Waals surface area contributed by atoms with Crippen LogP contribution in [0.25, 0.3) is 0 Å². The van der Waals surface area contributed by atoms with Gasteiger partial charge in [0.25, 0.3) is 0 Å². The van der Waals surface area contributed by atoms with E-state index < -0.39 is 0 Å². The average molecular weight is 244 g/mol. The van der Waals surface area contributed by atoms with E-state index in [2.05, 4.69) is 24.1 Å². The minimum absolute atomic E-state index is 0.290. The van der Waals surface area contributed by atoms with Gasteiger partial charge in [-0.1, -0.05) is 6.92 Å². The Balaban J connectivity index is 2.35. The van der Waals surface area contributed by atoms with E-state index in [1.165, 1.54) is 19.3 Å². The third-order valence-electron chi connectivity index (χ3n) is 3.09. The normalized spacial score (nSPS) is 23.7. The molecule has 0 aromatic rings. The van der Waals surface area contributed by atoms with Crippen LogP contribution in [0.3, 0.4) is 0 Å². The smallest absolute Gasteiger partial charge is 0.169 e. The number of ether oxygens (including phenoxy) is 1. The Hall–Kier alpha value is -0.350. The van der Waals surface area contributed by atoms with Gasteiger partial charge >= 0.3 is 0 Å². The summed E-state index contributed by atoms with van der Waals surface area (Å²) in [6.07, 6.45) is 3.83. The maximum Gasteiger partial charge on any atom is 0.169 e. The molecule has 1 saturated heterocycles. The van der Waals surface area contributed by atoms with Crippen molar-refractivity contribution in [2.75, 3.05) is 26.8 Å². The van der Waals surface area contributed by atoms with Crippen LogP contribution < -0.4 is 5.32 Å². The van der Waals surface area contributed by atoms with Crippen LogP contribution in [-0.2, 0) is 4.74 Å². The molecule has 1 rings (SSSR count). The zero-order chi connectivity index (χ0) is 12.0. The Morgan fingerprint density at radius 1 is 1.50 bits per heavy atom. The molecule has 94 valence electrons. The fraction of sp³-hybridized carbons (Fsp3) is 0.917. The first kappa shape index (κ1) is 13.7. The van der Waals surface area contributed by atoms with E-state index in [4.69, 9.17) is 17.0 Å². The highest BCUT2D eigenvalue weighted by atomic mass is 32.1. The maximum absolute atomic E-state index is 5.42. The highest BCUT2D eigenvalue weighted by Gasteiger charge is 2.16. The minimum Gasteiger partial charge on any atom is -0.383 e. The van der Waals surface area contributed by atoms with Gasteiger partial charge in [0.15, 0.2) is 5.11 Å². The lowest BCUT2D eigenvalue weighted by atomic mass is 10.0. The van der Waals surface area contributed by atoms with Gasteiger partial charge < -0.3 is 15.0 Å². The van der Waals surface area contributed by atoms with E-state index in [-0.39, 0.29) is 6.04 Å². The quantitative estimate of drug-likeness (QED) is 0.768. The van der Waals surface area contributed by atoms with Crippen LogP contribution in [0.1, 0.15) is 33.1 Å². The summed E-state index contributed by atoms with van der Waals surface area (Å²) in [5.41, 5.74) is 0. The van der Waals surface area contributed by atoms with Crippen molar-refractivity contribution in [3.63, 3.8) is 0 Å². The van der Waals surface area contributed by atoms with E-state index in [0.29, 0.717) is 6.61 Å². The van der Waals surface area contributed by atoms with Crippen molar-refractivity contribution in [2.45, 2.75) is 39.2 Å². The SMILES string of the molecule is COCC(C)NC(=S)N1CCCC(C)CC1. The highest BCUT2D eigenvalue weighted by Crippen LogP contribution is 2.16. The van der Waals surface area contributed by atoms with Crippen LogP contribution in [0.5, 0.6) is 0 Å². The maximum atomic E-state index is 5.42. The summed E-state index contributed by atoms with van der Waals surface area (Å²) in [5.74, 6) is 0.837. The van der Waals surface area contributed by atoms with Crippen molar-refractivity contribution in [2.24, 2.45) is 5.92 Å². The molecular formula is C12H24N2OS. The lowest BCUT2D eigenvalue weighted by molar-refractivity contribution is 0.178. The molecule has 3 nitrogen and oxygen atoms in total. The number of likely N-dealkylation sites (tertiary alicyclic amines) is 1. The number of nitrogens with zero attached hydrogens (tertiary/aromatic N) is 1. The molecule has 0 aromatic carbocycles. The number of hydrogen-bond donors (Lipinski definition) is 1. The summed E-state index contributed by atoms with van der Waals surface area (Å²) in [4.78, 5) is 2.30. The molecule has 0 amide bonds. The summed E-state index contributed by atoms with van der Waals surface area (Å²) in [5, 5.41) is 4.21. The molecule has 0 spiro atoms. The van der Waals surface area contributed by atoms with E-state index >= 15 is 0 Å². The highest BCUT2D eigenvalue weighted by molar-refractivity contribution is 7.80. The van der Waals surface area contributed by atoms with Crippen molar-refractivity contribution < 1.29 is 4.74 Å². The molecule has 4 heteroatoms. The van der Waals surface area contributed by atoms with Gasteiger partial charge in [-0.05, 0) is 44.3 Å². The molecule has 2 unspecified atom stereocenters. The summed E-state index contributed by atoms with van der Waals surface area (Å²) in [6, 6.07) is 0.290. The fourth-order valence-electron chi connectivity index (χ4n) is 2.06. The Kier molecular flexibility index (Phi) is 6.06. The second-order valence-corrected chi connectivity index (χ2v) is 5.22. The van der Waals surface area contributed by atoms with Gasteiger partial charge in [-0.2, -0.15) is 0 Å². The van der Waals surface area contributed by atoms with E-state index in [9.17, 15) is 0 Å². The van der Waals surface area contributed by atoms with Crippen LogP contribution in [0.4, 0.5) is 0 Å². The van der Waals surface area contributed by atoms with Gasteiger partial charge in [0, 0.05) is 26.2 Å². The average Bonchev–Trinajstić information content (AvgIpc) is 2.43. The van der Waals surface area contributed by atoms with Crippen molar-refractivity contribution in [1.82, 2.24) is 10.2 Å². The lowest BCUT2D eigenvalue weighted by Gasteiger charge is -2.26. The number of nitrogens with one attached hydrogen (secondary N) is 1. The Morgan fingerprint density at radius 2 is 2.25 bits per heavy atom. The van der Waals surface area contributed by atoms with Gasteiger partial charge in [0.05, 0.1) is 6.61 Å². The lowest BCUT2D eigenvalue weighted by Crippen LogP contribution is -2.45. The van der Waals surface area contributed by atoms with Gasteiger partial charge in [0.2, 0.25) is 0 Å². The summed E-state index contributed by atoms with van der Waals surface area (Å²) < 4.78 is 5.09. The Morgan fingerprint density at radius 3 is 2.94 bits per heavy atom. The molecule has 1 fully saturated rings. The Bertz CT molecular complexity index is 223. The van der Waals surface area contributed by atoms with Crippen LogP contribution in [0.15, 0.2) is 0 Å². The summed E-state index contributed by atoms with van der Waals surface area (Å²) in [6.45, 7) is 7.30. The van der Waals surface area contributed by atoms with Crippen molar-refractivity contribution in [3.8, 4) is 0 Å². The number of hydrogen-bond acceptors (Lipinski definition) is 2. The zero-order valence-corrected chi connectivity index (χ0v) is 11.5. The molecule has 1 N–H and O–H groups in total. The zero-order valence-electron chi connectivity index (χ0n) is 10.7. The largest absolute Gasteiger partial charge is 0.383 e. The second kappa shape index (κ2) is 7.07. The molecule has 1 aliphatic heterocycles.